The van der Waals surface area contributed by atoms with Crippen LogP contribution in [0.25, 0.3) is 0 Å². The van der Waals surface area contributed by atoms with Crippen molar-refractivity contribution in [3.05, 3.63) is 65.2 Å². The van der Waals surface area contributed by atoms with Crippen molar-refractivity contribution in [3.8, 4) is 0 Å². The minimum absolute atomic E-state index is 0.0261. The molecule has 1 aliphatic rings. The summed E-state index contributed by atoms with van der Waals surface area (Å²) in [4.78, 5) is 24.4. The fourth-order valence-corrected chi connectivity index (χ4v) is 3.85. The Balaban J connectivity index is 1.89. The molecule has 0 spiro atoms. The van der Waals surface area contributed by atoms with Gasteiger partial charge in [-0.3, -0.25) is 4.79 Å². The molecule has 0 saturated carbocycles. The van der Waals surface area contributed by atoms with E-state index < -0.39 is 28.1 Å². The third kappa shape index (κ3) is 4.04. The molecule has 1 aliphatic heterocycles. The number of carbonyl (C=O) groups excluding carboxylic acids is 2. The van der Waals surface area contributed by atoms with Gasteiger partial charge < -0.3 is 4.74 Å². The van der Waals surface area contributed by atoms with Crippen LogP contribution in [0.3, 0.4) is 0 Å². The van der Waals surface area contributed by atoms with E-state index in [0.717, 1.165) is 4.90 Å². The van der Waals surface area contributed by atoms with Gasteiger partial charge >= 0.3 is 6.09 Å². The number of nitrogens with zero attached hydrogens (tertiary/aromatic N) is 1. The molecule has 1 fully saturated rings. The van der Waals surface area contributed by atoms with Gasteiger partial charge in [-0.1, -0.05) is 41.9 Å². The highest BCUT2D eigenvalue weighted by Gasteiger charge is 2.34. The molecule has 1 saturated heterocycles. The molecule has 1 N–H and O–H groups in total. The van der Waals surface area contributed by atoms with Gasteiger partial charge in [-0.15, -0.1) is 0 Å². The molecule has 9 heteroatoms. The first-order valence-electron chi connectivity index (χ1n) is 7.67. The van der Waals surface area contributed by atoms with Crippen molar-refractivity contribution in [2.24, 2.45) is 0 Å². The van der Waals surface area contributed by atoms with Crippen molar-refractivity contribution in [1.82, 2.24) is 9.62 Å². The van der Waals surface area contributed by atoms with Crippen LogP contribution >= 0.6 is 11.6 Å². The molecule has 0 radical (unpaired) electrons. The summed E-state index contributed by atoms with van der Waals surface area (Å²) in [6.45, 7) is -0.515. The first-order chi connectivity index (χ1) is 12.4. The molecule has 2 aromatic carbocycles. The molecule has 3 rings (SSSR count). The minimum atomic E-state index is -3.90. The summed E-state index contributed by atoms with van der Waals surface area (Å²) in [7, 11) is -3.90. The molecule has 1 atom stereocenters. The Hall–Kier alpha value is -2.42. The van der Waals surface area contributed by atoms with Gasteiger partial charge in [0.25, 0.3) is 5.91 Å². The van der Waals surface area contributed by atoms with Crippen LogP contribution in [0.4, 0.5) is 4.79 Å². The largest absolute Gasteiger partial charge is 0.439 e. The summed E-state index contributed by atoms with van der Waals surface area (Å²) < 4.78 is 32.6. The Kier molecular flexibility index (Phi) is 5.26. The van der Waals surface area contributed by atoms with Crippen molar-refractivity contribution in [2.75, 3.05) is 13.2 Å². The van der Waals surface area contributed by atoms with Crippen LogP contribution < -0.4 is 4.72 Å². The van der Waals surface area contributed by atoms with Crippen LogP contribution in [-0.4, -0.2) is 38.5 Å². The lowest BCUT2D eigenvalue weighted by Gasteiger charge is -2.22. The predicted octanol–water partition coefficient (Wildman–Crippen LogP) is 2.34. The van der Waals surface area contributed by atoms with Crippen molar-refractivity contribution >= 4 is 33.6 Å². The molecule has 136 valence electrons. The summed E-state index contributed by atoms with van der Waals surface area (Å²) in [5.74, 6) is -0.512. The Morgan fingerprint density at radius 1 is 1.08 bits per heavy atom. The zero-order valence-electron chi connectivity index (χ0n) is 13.5. The third-order valence-electron chi connectivity index (χ3n) is 3.83. The highest BCUT2D eigenvalue weighted by Crippen LogP contribution is 2.21. The molecule has 0 aromatic heterocycles. The summed E-state index contributed by atoms with van der Waals surface area (Å²) in [5, 5.41) is 0.411. The number of rotatable bonds is 6. The number of sulfonamides is 1. The van der Waals surface area contributed by atoms with Crippen LogP contribution in [0.2, 0.25) is 5.02 Å². The smallest absolute Gasteiger partial charge is 0.417 e. The lowest BCUT2D eigenvalue weighted by Crippen LogP contribution is -2.40. The van der Waals surface area contributed by atoms with Gasteiger partial charge in [0.05, 0.1) is 17.5 Å². The van der Waals surface area contributed by atoms with Gasteiger partial charge in [0.1, 0.15) is 0 Å². The highest BCUT2D eigenvalue weighted by molar-refractivity contribution is 7.89. The predicted molar refractivity (Wildman–Crippen MR) is 94.0 cm³/mol. The van der Waals surface area contributed by atoms with E-state index in [4.69, 9.17) is 11.6 Å². The second kappa shape index (κ2) is 7.45. The second-order valence-corrected chi connectivity index (χ2v) is 7.75. The van der Waals surface area contributed by atoms with Gasteiger partial charge in [0.15, 0.2) is 6.61 Å². The van der Waals surface area contributed by atoms with Gasteiger partial charge in [0.2, 0.25) is 10.0 Å². The summed E-state index contributed by atoms with van der Waals surface area (Å²) in [6.07, 6.45) is -0.790. The maximum atomic E-state index is 12.7. The molecule has 2 amide bonds. The zero-order chi connectivity index (χ0) is 18.7. The Labute approximate surface area is 155 Å². The van der Waals surface area contributed by atoms with Crippen LogP contribution in [0.1, 0.15) is 11.6 Å². The number of nitrogens with one attached hydrogen (secondary N) is 1. The molecule has 1 heterocycles. The molecule has 26 heavy (non-hydrogen) atoms. The van der Waals surface area contributed by atoms with Gasteiger partial charge in [-0.05, 0) is 29.8 Å². The minimum Gasteiger partial charge on any atom is -0.439 e. The van der Waals surface area contributed by atoms with E-state index in [0.29, 0.717) is 10.6 Å². The highest BCUT2D eigenvalue weighted by atomic mass is 35.5. The summed E-state index contributed by atoms with van der Waals surface area (Å²) in [6, 6.07) is 13.5. The molecule has 0 bridgehead atoms. The number of imide groups is 1. The van der Waals surface area contributed by atoms with E-state index in [1.54, 1.807) is 30.3 Å². The van der Waals surface area contributed by atoms with Crippen LogP contribution in [-0.2, 0) is 19.6 Å². The molecule has 2 aromatic rings. The van der Waals surface area contributed by atoms with Gasteiger partial charge in [-0.25, -0.2) is 22.8 Å². The number of ether oxygens (including phenoxy) is 1. The fraction of sp³-hybridized carbons (Fsp3) is 0.176. The first-order valence-corrected chi connectivity index (χ1v) is 9.53. The normalized spacial score (nSPS) is 15.8. The Morgan fingerprint density at radius 2 is 1.73 bits per heavy atom. The second-order valence-electron chi connectivity index (χ2n) is 5.60. The number of halogens is 1. The number of carbonyl (C=O) groups is 2. The van der Waals surface area contributed by atoms with Crippen LogP contribution in [0.15, 0.2) is 59.5 Å². The van der Waals surface area contributed by atoms with Crippen LogP contribution in [0.5, 0.6) is 0 Å². The van der Waals surface area contributed by atoms with E-state index in [9.17, 15) is 18.0 Å². The number of benzene rings is 2. The average Bonchev–Trinajstić information content (AvgIpc) is 2.94. The van der Waals surface area contributed by atoms with E-state index >= 15 is 0 Å². The monoisotopic (exact) mass is 394 g/mol. The van der Waals surface area contributed by atoms with Crippen molar-refractivity contribution in [1.29, 1.82) is 0 Å². The van der Waals surface area contributed by atoms with Crippen molar-refractivity contribution < 1.29 is 22.7 Å². The maximum absolute atomic E-state index is 12.7. The number of hydrogen-bond acceptors (Lipinski definition) is 5. The van der Waals surface area contributed by atoms with E-state index in [1.807, 2.05) is 0 Å². The van der Waals surface area contributed by atoms with Crippen LogP contribution in [0, 0.1) is 0 Å². The maximum Gasteiger partial charge on any atom is 0.417 e. The van der Waals surface area contributed by atoms with Gasteiger partial charge in [-0.2, -0.15) is 0 Å². The lowest BCUT2D eigenvalue weighted by molar-refractivity contribution is -0.126. The zero-order valence-corrected chi connectivity index (χ0v) is 15.0. The standard InChI is InChI=1S/C17H15ClN2O5S/c18-13-6-8-14(9-7-13)26(23,24)19-15(12-4-2-1-3-5-12)10-20-16(21)11-25-17(20)22/h1-9,15,19H,10-11H2. The number of cyclic esters (lactones) is 1. The third-order valence-corrected chi connectivity index (χ3v) is 5.57. The quantitative estimate of drug-likeness (QED) is 0.811. The van der Waals surface area contributed by atoms with E-state index in [-0.39, 0.29) is 18.0 Å². The average molecular weight is 395 g/mol. The Morgan fingerprint density at radius 3 is 2.31 bits per heavy atom. The fourth-order valence-electron chi connectivity index (χ4n) is 2.51. The number of hydrogen-bond donors (Lipinski definition) is 1. The summed E-state index contributed by atoms with van der Waals surface area (Å²) >= 11 is 5.80. The van der Waals surface area contributed by atoms with E-state index in [2.05, 4.69) is 9.46 Å². The summed E-state index contributed by atoms with van der Waals surface area (Å²) in [5.41, 5.74) is 0.609. The van der Waals surface area contributed by atoms with Crippen molar-refractivity contribution in [2.45, 2.75) is 10.9 Å². The Bertz CT molecular complexity index is 900. The van der Waals surface area contributed by atoms with E-state index in [1.165, 1.54) is 24.3 Å². The molecule has 0 aliphatic carbocycles. The van der Waals surface area contributed by atoms with Crippen molar-refractivity contribution in [3.63, 3.8) is 0 Å². The molecule has 7 nitrogen and oxygen atoms in total. The number of amides is 2. The molecular weight excluding hydrogens is 380 g/mol. The van der Waals surface area contributed by atoms with Gasteiger partial charge in [0, 0.05) is 5.02 Å². The molecule has 1 unspecified atom stereocenters. The topological polar surface area (TPSA) is 92.8 Å². The first kappa shape index (κ1) is 18.4. The molecular formula is C17H15ClN2O5S. The lowest BCUT2D eigenvalue weighted by atomic mass is 10.1. The SMILES string of the molecule is O=C1COC(=O)N1CC(NS(=O)(=O)c1ccc(Cl)cc1)c1ccccc1.